The smallest absolute Gasteiger partial charge is 0.202 e. The van der Waals surface area contributed by atoms with E-state index in [4.69, 9.17) is 9.47 Å². The highest BCUT2D eigenvalue weighted by Gasteiger charge is 2.23. The number of hydrogen-bond donors (Lipinski definition) is 0. The third-order valence-corrected chi connectivity index (χ3v) is 3.16. The number of carbonyl (C=O) groups is 1. The summed E-state index contributed by atoms with van der Waals surface area (Å²) < 4.78 is 38.0. The Morgan fingerprint density at radius 2 is 1.76 bits per heavy atom. The lowest BCUT2D eigenvalue weighted by Crippen LogP contribution is -2.10. The summed E-state index contributed by atoms with van der Waals surface area (Å²) in [5, 5.41) is 0. The molecular formula is C16H14F2O3. The topological polar surface area (TPSA) is 35.5 Å². The van der Waals surface area contributed by atoms with Crippen LogP contribution in [0.2, 0.25) is 0 Å². The Kier molecular flexibility index (Phi) is 4.21. The Morgan fingerprint density at radius 3 is 2.38 bits per heavy atom. The van der Waals surface area contributed by atoms with Crippen LogP contribution < -0.4 is 9.47 Å². The van der Waals surface area contributed by atoms with E-state index in [2.05, 4.69) is 0 Å². The number of methoxy groups -OCH3 is 2. The zero-order valence-electron chi connectivity index (χ0n) is 11.9. The number of ether oxygens (including phenoxy) is 2. The van der Waals surface area contributed by atoms with Gasteiger partial charge < -0.3 is 9.47 Å². The highest BCUT2D eigenvalue weighted by Crippen LogP contribution is 2.28. The summed E-state index contributed by atoms with van der Waals surface area (Å²) in [5.41, 5.74) is -0.358. The first kappa shape index (κ1) is 15.0. The van der Waals surface area contributed by atoms with Crippen molar-refractivity contribution in [1.82, 2.24) is 0 Å². The van der Waals surface area contributed by atoms with Crippen molar-refractivity contribution in [1.29, 1.82) is 0 Å². The van der Waals surface area contributed by atoms with Crippen LogP contribution >= 0.6 is 0 Å². The third-order valence-electron chi connectivity index (χ3n) is 3.16. The van der Waals surface area contributed by atoms with Crippen LogP contribution in [0, 0.1) is 18.6 Å². The third kappa shape index (κ3) is 2.72. The molecule has 0 bridgehead atoms. The molecular weight excluding hydrogens is 278 g/mol. The Bertz CT molecular complexity index is 696. The van der Waals surface area contributed by atoms with Gasteiger partial charge in [-0.1, -0.05) is 6.07 Å². The van der Waals surface area contributed by atoms with Crippen molar-refractivity contribution in [2.75, 3.05) is 14.2 Å². The van der Waals surface area contributed by atoms with Gasteiger partial charge in [-0.05, 0) is 36.8 Å². The van der Waals surface area contributed by atoms with Gasteiger partial charge in [-0.3, -0.25) is 4.79 Å². The SMILES string of the molecule is COc1ccc(OC)c(C(=O)c2c(F)ccc(C)c2F)c1. The molecule has 21 heavy (non-hydrogen) atoms. The van der Waals surface area contributed by atoms with Crippen molar-refractivity contribution in [3.8, 4) is 11.5 Å². The number of ketones is 1. The zero-order chi connectivity index (χ0) is 15.6. The minimum atomic E-state index is -0.909. The summed E-state index contributed by atoms with van der Waals surface area (Å²) in [7, 11) is 2.81. The van der Waals surface area contributed by atoms with E-state index in [9.17, 15) is 13.6 Å². The maximum absolute atomic E-state index is 14.1. The Balaban J connectivity index is 2.62. The average molecular weight is 292 g/mol. The summed E-state index contributed by atoms with van der Waals surface area (Å²) in [4.78, 5) is 12.5. The van der Waals surface area contributed by atoms with Gasteiger partial charge in [0.15, 0.2) is 0 Å². The molecule has 0 saturated carbocycles. The average Bonchev–Trinajstić information content (AvgIpc) is 2.50. The van der Waals surface area contributed by atoms with Gasteiger partial charge in [-0.15, -0.1) is 0 Å². The predicted molar refractivity (Wildman–Crippen MR) is 74.1 cm³/mol. The molecule has 0 saturated heterocycles. The van der Waals surface area contributed by atoms with Gasteiger partial charge in [0.25, 0.3) is 0 Å². The summed E-state index contributed by atoms with van der Waals surface area (Å²) in [6.07, 6.45) is 0. The highest BCUT2D eigenvalue weighted by atomic mass is 19.1. The maximum atomic E-state index is 14.1. The van der Waals surface area contributed by atoms with E-state index >= 15 is 0 Å². The van der Waals surface area contributed by atoms with Crippen LogP contribution in [0.25, 0.3) is 0 Å². The quantitative estimate of drug-likeness (QED) is 0.809. The molecule has 2 aromatic rings. The van der Waals surface area contributed by atoms with E-state index < -0.39 is 23.0 Å². The molecule has 110 valence electrons. The minimum absolute atomic E-state index is 0.0419. The van der Waals surface area contributed by atoms with Crippen molar-refractivity contribution in [3.63, 3.8) is 0 Å². The van der Waals surface area contributed by atoms with Crippen molar-refractivity contribution < 1.29 is 23.0 Å². The molecule has 2 aromatic carbocycles. The molecule has 0 fully saturated rings. The number of rotatable bonds is 4. The summed E-state index contributed by atoms with van der Waals surface area (Å²) in [5.74, 6) is -1.95. The molecule has 0 unspecified atom stereocenters. The molecule has 3 nitrogen and oxygen atoms in total. The molecule has 2 rings (SSSR count). The van der Waals surface area contributed by atoms with Crippen LogP contribution in [-0.4, -0.2) is 20.0 Å². The van der Waals surface area contributed by atoms with Crippen LogP contribution in [-0.2, 0) is 0 Å². The summed E-state index contributed by atoms with van der Waals surface area (Å²) >= 11 is 0. The number of halogens is 2. The largest absolute Gasteiger partial charge is 0.497 e. The fourth-order valence-electron chi connectivity index (χ4n) is 1.99. The van der Waals surface area contributed by atoms with E-state index in [0.29, 0.717) is 5.75 Å². The molecule has 0 aliphatic heterocycles. The molecule has 0 atom stereocenters. The standard InChI is InChI=1S/C16H14F2O3/c1-9-4-6-12(17)14(15(9)18)16(19)11-8-10(20-2)5-7-13(11)21-3/h4-8H,1-3H3. The Hall–Kier alpha value is -2.43. The molecule has 0 amide bonds. The van der Waals surface area contributed by atoms with E-state index in [1.54, 1.807) is 6.07 Å². The lowest BCUT2D eigenvalue weighted by Gasteiger charge is -2.11. The second-order valence-electron chi connectivity index (χ2n) is 4.45. The number of aryl methyl sites for hydroxylation is 1. The van der Waals surface area contributed by atoms with Crippen LogP contribution in [0.15, 0.2) is 30.3 Å². The molecule has 0 N–H and O–H groups in total. The first-order valence-corrected chi connectivity index (χ1v) is 6.21. The molecule has 0 heterocycles. The highest BCUT2D eigenvalue weighted by molar-refractivity contribution is 6.11. The molecule has 5 heteroatoms. The van der Waals surface area contributed by atoms with Gasteiger partial charge >= 0.3 is 0 Å². The monoisotopic (exact) mass is 292 g/mol. The number of hydrogen-bond acceptors (Lipinski definition) is 3. The number of benzene rings is 2. The predicted octanol–water partition coefficient (Wildman–Crippen LogP) is 3.52. The second kappa shape index (κ2) is 5.91. The first-order chi connectivity index (χ1) is 9.99. The van der Waals surface area contributed by atoms with Crippen LogP contribution in [0.1, 0.15) is 21.5 Å². The first-order valence-electron chi connectivity index (χ1n) is 6.21. The van der Waals surface area contributed by atoms with Gasteiger partial charge in [0.2, 0.25) is 5.78 Å². The Morgan fingerprint density at radius 1 is 1.05 bits per heavy atom. The molecule has 0 radical (unpaired) electrons. The van der Waals surface area contributed by atoms with Crippen molar-refractivity contribution in [2.45, 2.75) is 6.92 Å². The molecule has 0 aromatic heterocycles. The van der Waals surface area contributed by atoms with E-state index in [1.165, 1.54) is 39.3 Å². The zero-order valence-corrected chi connectivity index (χ0v) is 11.9. The normalized spacial score (nSPS) is 10.3. The maximum Gasteiger partial charge on any atom is 0.202 e. The van der Waals surface area contributed by atoms with Crippen molar-refractivity contribution in [2.24, 2.45) is 0 Å². The summed E-state index contributed by atoms with van der Waals surface area (Å²) in [6.45, 7) is 1.47. The lowest BCUT2D eigenvalue weighted by atomic mass is 9.99. The molecule has 0 aliphatic rings. The van der Waals surface area contributed by atoms with Gasteiger partial charge in [-0.25, -0.2) is 8.78 Å². The van der Waals surface area contributed by atoms with Gasteiger partial charge in [0.1, 0.15) is 23.1 Å². The fraction of sp³-hybridized carbons (Fsp3) is 0.188. The minimum Gasteiger partial charge on any atom is -0.497 e. The Labute approximate surface area is 121 Å². The van der Waals surface area contributed by atoms with Gasteiger partial charge in [0, 0.05) is 0 Å². The molecule has 0 aliphatic carbocycles. The van der Waals surface area contributed by atoms with Gasteiger partial charge in [0.05, 0.1) is 25.3 Å². The van der Waals surface area contributed by atoms with E-state index in [1.807, 2.05) is 0 Å². The van der Waals surface area contributed by atoms with Crippen LogP contribution in [0.4, 0.5) is 8.78 Å². The fourth-order valence-corrected chi connectivity index (χ4v) is 1.99. The van der Waals surface area contributed by atoms with Crippen molar-refractivity contribution in [3.05, 3.63) is 58.7 Å². The summed E-state index contributed by atoms with van der Waals surface area (Å²) in [6, 6.07) is 6.85. The second-order valence-corrected chi connectivity index (χ2v) is 4.45. The molecule has 0 spiro atoms. The number of carbonyl (C=O) groups excluding carboxylic acids is 1. The van der Waals surface area contributed by atoms with Crippen molar-refractivity contribution >= 4 is 5.78 Å². The van der Waals surface area contributed by atoms with Crippen LogP contribution in [0.5, 0.6) is 11.5 Å². The van der Waals surface area contributed by atoms with E-state index in [0.717, 1.165) is 6.07 Å². The van der Waals surface area contributed by atoms with Gasteiger partial charge in [-0.2, -0.15) is 0 Å². The lowest BCUT2D eigenvalue weighted by molar-refractivity contribution is 0.102. The van der Waals surface area contributed by atoms with Crippen LogP contribution in [0.3, 0.4) is 0 Å². The van der Waals surface area contributed by atoms with E-state index in [-0.39, 0.29) is 16.9 Å².